The van der Waals surface area contributed by atoms with E-state index in [1.165, 1.54) is 24.5 Å². The summed E-state index contributed by atoms with van der Waals surface area (Å²) >= 11 is 0. The predicted molar refractivity (Wildman–Crippen MR) is 139 cm³/mol. The highest BCUT2D eigenvalue weighted by Gasteiger charge is 2.35. The Balaban J connectivity index is 1.47. The molecule has 3 heterocycles. The first-order valence-corrected chi connectivity index (χ1v) is 11.9. The van der Waals surface area contributed by atoms with E-state index < -0.39 is 23.3 Å². The fourth-order valence-corrected chi connectivity index (χ4v) is 4.82. The second-order valence-corrected chi connectivity index (χ2v) is 9.03. The van der Waals surface area contributed by atoms with Gasteiger partial charge in [-0.2, -0.15) is 0 Å². The third kappa shape index (κ3) is 4.10. The molecule has 0 saturated heterocycles. The summed E-state index contributed by atoms with van der Waals surface area (Å²) in [5.41, 5.74) is 1.67. The molecule has 3 aromatic carbocycles. The minimum atomic E-state index is -1.04. The molecule has 0 fully saturated rings. The average Bonchev–Trinajstić information content (AvgIpc) is 3.43. The van der Waals surface area contributed by atoms with Crippen molar-refractivity contribution in [2.45, 2.75) is 12.3 Å². The van der Waals surface area contributed by atoms with Crippen molar-refractivity contribution in [3.63, 3.8) is 0 Å². The molecule has 9 heteroatoms. The van der Waals surface area contributed by atoms with Crippen LogP contribution in [0.3, 0.4) is 0 Å². The van der Waals surface area contributed by atoms with Crippen LogP contribution < -0.4 is 14.9 Å². The average molecular weight is 524 g/mol. The van der Waals surface area contributed by atoms with Crippen LogP contribution in [0.15, 0.2) is 86.6 Å². The van der Waals surface area contributed by atoms with Crippen LogP contribution in [0.5, 0.6) is 17.2 Å². The lowest BCUT2D eigenvalue weighted by Gasteiger charge is -2.24. The number of phenolic OH excluding ortho intramolecular Hbond substituents is 1. The van der Waals surface area contributed by atoms with Gasteiger partial charge in [-0.3, -0.25) is 9.59 Å². The summed E-state index contributed by atoms with van der Waals surface area (Å²) in [5, 5.41) is 19.9. The number of furan rings is 1. The molecular formula is C30H20O9. The number of methoxy groups -OCH3 is 1. The Morgan fingerprint density at radius 3 is 2.38 bits per heavy atom. The second kappa shape index (κ2) is 9.21. The number of benzene rings is 3. The van der Waals surface area contributed by atoms with Gasteiger partial charge in [0, 0.05) is 17.2 Å². The number of phenols is 1. The number of esters is 1. The van der Waals surface area contributed by atoms with E-state index in [2.05, 4.69) is 0 Å². The Labute approximate surface area is 220 Å². The largest absolute Gasteiger partial charge is 0.507 e. The van der Waals surface area contributed by atoms with Gasteiger partial charge < -0.3 is 28.5 Å². The van der Waals surface area contributed by atoms with Crippen LogP contribution in [0.1, 0.15) is 34.0 Å². The number of ether oxygens (including phenoxy) is 2. The van der Waals surface area contributed by atoms with Gasteiger partial charge in [0.2, 0.25) is 5.43 Å². The molecule has 0 radical (unpaired) electrons. The molecule has 0 aliphatic carbocycles. The first-order valence-electron chi connectivity index (χ1n) is 11.9. The number of aromatic hydroxyl groups is 1. The number of hydrogen-bond donors (Lipinski definition) is 2. The predicted octanol–water partition coefficient (Wildman–Crippen LogP) is 5.57. The van der Waals surface area contributed by atoms with Gasteiger partial charge in [0.05, 0.1) is 30.6 Å². The van der Waals surface area contributed by atoms with Crippen molar-refractivity contribution in [3.8, 4) is 39.7 Å². The van der Waals surface area contributed by atoms with Gasteiger partial charge in [0.15, 0.2) is 0 Å². The zero-order valence-corrected chi connectivity index (χ0v) is 20.5. The molecule has 1 aliphatic heterocycles. The van der Waals surface area contributed by atoms with Crippen molar-refractivity contribution in [1.29, 1.82) is 0 Å². The molecule has 5 aromatic rings. The maximum Gasteiger partial charge on any atom is 0.335 e. The molecule has 2 N–H and O–H groups in total. The van der Waals surface area contributed by atoms with Crippen LogP contribution in [0.25, 0.3) is 33.4 Å². The van der Waals surface area contributed by atoms with Crippen molar-refractivity contribution in [3.05, 3.63) is 100 Å². The Bertz CT molecular complexity index is 1810. The molecule has 0 saturated carbocycles. The van der Waals surface area contributed by atoms with E-state index in [1.54, 1.807) is 55.6 Å². The van der Waals surface area contributed by atoms with Crippen LogP contribution in [0, 0.1) is 0 Å². The Kier molecular flexibility index (Phi) is 5.68. The Morgan fingerprint density at radius 2 is 1.69 bits per heavy atom. The molecule has 0 spiro atoms. The van der Waals surface area contributed by atoms with Crippen molar-refractivity contribution < 1.29 is 38.1 Å². The highest BCUT2D eigenvalue weighted by Crippen LogP contribution is 2.46. The topological polar surface area (TPSA) is 136 Å². The van der Waals surface area contributed by atoms with Gasteiger partial charge in [0.1, 0.15) is 46.0 Å². The van der Waals surface area contributed by atoms with Crippen molar-refractivity contribution in [2.24, 2.45) is 0 Å². The standard InChI is InChI=1S/C30H20O9/c1-36-18-8-6-15(7-9-18)20-14-37-29-26-19(12-25(32)39-24(26)13-21(31)27(29)28(20)33)23-11-10-22(38-23)16-2-4-17(5-3-16)30(34)35/h2-11,13-14,19,31H,12H2,1H3,(H,34,35)/t19-/m1/s1. The highest BCUT2D eigenvalue weighted by atomic mass is 16.5. The van der Waals surface area contributed by atoms with E-state index in [0.717, 1.165) is 0 Å². The van der Waals surface area contributed by atoms with Gasteiger partial charge in [-0.05, 0) is 42.0 Å². The Hall–Kier alpha value is -5.31. The maximum atomic E-state index is 13.5. The van der Waals surface area contributed by atoms with E-state index in [-0.39, 0.29) is 40.0 Å². The maximum absolute atomic E-state index is 13.5. The zero-order chi connectivity index (χ0) is 27.3. The summed E-state index contributed by atoms with van der Waals surface area (Å²) in [4.78, 5) is 37.2. The zero-order valence-electron chi connectivity index (χ0n) is 20.5. The van der Waals surface area contributed by atoms with Crippen molar-refractivity contribution in [2.75, 3.05) is 7.11 Å². The first-order chi connectivity index (χ1) is 18.8. The number of carbonyl (C=O) groups is 2. The summed E-state index contributed by atoms with van der Waals surface area (Å²) in [7, 11) is 1.54. The summed E-state index contributed by atoms with van der Waals surface area (Å²) in [5.74, 6) is -1.02. The van der Waals surface area contributed by atoms with Crippen LogP contribution in [0.2, 0.25) is 0 Å². The van der Waals surface area contributed by atoms with E-state index in [0.29, 0.717) is 34.0 Å². The van der Waals surface area contributed by atoms with Crippen LogP contribution >= 0.6 is 0 Å². The molecule has 1 atom stereocenters. The van der Waals surface area contributed by atoms with Crippen LogP contribution in [-0.2, 0) is 4.79 Å². The minimum absolute atomic E-state index is 0.0407. The third-order valence-electron chi connectivity index (χ3n) is 6.76. The van der Waals surface area contributed by atoms with Crippen molar-refractivity contribution in [1.82, 2.24) is 0 Å². The third-order valence-corrected chi connectivity index (χ3v) is 6.76. The molecule has 6 rings (SSSR count). The van der Waals surface area contributed by atoms with Gasteiger partial charge in [0.25, 0.3) is 0 Å². The lowest BCUT2D eigenvalue weighted by Crippen LogP contribution is -2.21. The van der Waals surface area contributed by atoms with E-state index in [1.807, 2.05) is 0 Å². The molecule has 1 aliphatic rings. The first kappa shape index (κ1) is 24.1. The van der Waals surface area contributed by atoms with E-state index in [9.17, 15) is 19.5 Å². The lowest BCUT2D eigenvalue weighted by molar-refractivity contribution is -0.135. The summed E-state index contributed by atoms with van der Waals surface area (Å²) in [6, 6.07) is 17.7. The van der Waals surface area contributed by atoms with E-state index >= 15 is 0 Å². The van der Waals surface area contributed by atoms with Gasteiger partial charge in [-0.1, -0.05) is 24.3 Å². The normalized spacial score (nSPS) is 14.6. The molecule has 9 nitrogen and oxygen atoms in total. The van der Waals surface area contributed by atoms with Gasteiger partial charge >= 0.3 is 11.9 Å². The van der Waals surface area contributed by atoms with Crippen LogP contribution in [-0.4, -0.2) is 29.3 Å². The molecule has 0 unspecified atom stereocenters. The molecule has 2 aromatic heterocycles. The fraction of sp³-hybridized carbons (Fsp3) is 0.100. The molecule has 0 bridgehead atoms. The summed E-state index contributed by atoms with van der Waals surface area (Å²) in [6.07, 6.45) is 1.24. The number of carboxylic acid groups (broad SMARTS) is 1. The fourth-order valence-electron chi connectivity index (χ4n) is 4.82. The van der Waals surface area contributed by atoms with Gasteiger partial charge in [-0.25, -0.2) is 4.79 Å². The highest BCUT2D eigenvalue weighted by molar-refractivity contribution is 5.94. The SMILES string of the molecule is COc1ccc(-c2coc3c4c(cc(O)c3c2=O)OC(=O)C[C@@H]4c2ccc(-c3ccc(C(=O)O)cc3)o2)cc1. The lowest BCUT2D eigenvalue weighted by atomic mass is 9.88. The molecular weight excluding hydrogens is 504 g/mol. The number of carboxylic acids is 1. The number of aromatic carboxylic acids is 1. The number of hydrogen-bond acceptors (Lipinski definition) is 8. The van der Waals surface area contributed by atoms with E-state index in [4.69, 9.17) is 23.4 Å². The smallest absolute Gasteiger partial charge is 0.335 e. The molecule has 0 amide bonds. The molecule has 194 valence electrons. The quantitative estimate of drug-likeness (QED) is 0.223. The summed E-state index contributed by atoms with van der Waals surface area (Å²) in [6.45, 7) is 0. The number of rotatable bonds is 5. The summed E-state index contributed by atoms with van der Waals surface area (Å²) < 4.78 is 22.6. The minimum Gasteiger partial charge on any atom is -0.507 e. The number of fused-ring (bicyclic) bond motifs is 3. The monoisotopic (exact) mass is 524 g/mol. The second-order valence-electron chi connectivity index (χ2n) is 9.03. The number of carbonyl (C=O) groups excluding carboxylic acids is 1. The molecule has 39 heavy (non-hydrogen) atoms. The van der Waals surface area contributed by atoms with Crippen molar-refractivity contribution >= 4 is 22.9 Å². The van der Waals surface area contributed by atoms with Gasteiger partial charge in [-0.15, -0.1) is 0 Å². The Morgan fingerprint density at radius 1 is 0.974 bits per heavy atom. The van der Waals surface area contributed by atoms with Crippen LogP contribution in [0.4, 0.5) is 0 Å².